The van der Waals surface area contributed by atoms with Gasteiger partial charge in [0.1, 0.15) is 29.7 Å². The molecule has 0 saturated heterocycles. The summed E-state index contributed by atoms with van der Waals surface area (Å²) in [5.74, 6) is -0.943. The van der Waals surface area contributed by atoms with Gasteiger partial charge < -0.3 is 5.32 Å². The van der Waals surface area contributed by atoms with Crippen LogP contribution < -0.4 is 5.32 Å². The van der Waals surface area contributed by atoms with Gasteiger partial charge in [0, 0.05) is 16.1 Å². The molecule has 2 rings (SSSR count). The van der Waals surface area contributed by atoms with Crippen LogP contribution in [-0.4, -0.2) is 5.78 Å². The second-order valence-electron chi connectivity index (χ2n) is 4.74. The van der Waals surface area contributed by atoms with Crippen molar-refractivity contribution < 1.29 is 9.18 Å². The molecule has 0 fully saturated rings. The molecule has 0 spiro atoms. The first-order chi connectivity index (χ1) is 12.0. The molecular weight excluding hydrogens is 343 g/mol. The van der Waals surface area contributed by atoms with Gasteiger partial charge in [-0.25, -0.2) is 4.39 Å². The topological polar surface area (TPSA) is 100 Å². The van der Waals surface area contributed by atoms with Crippen molar-refractivity contribution in [2.24, 2.45) is 0 Å². The Bertz CT molecular complexity index is 976. The molecule has 0 saturated carbocycles. The van der Waals surface area contributed by atoms with Crippen molar-refractivity contribution in [2.75, 3.05) is 5.32 Å². The Morgan fingerprint density at radius 1 is 1.00 bits per heavy atom. The zero-order chi connectivity index (χ0) is 18.4. The molecule has 0 radical (unpaired) electrons. The van der Waals surface area contributed by atoms with Crippen LogP contribution in [0.15, 0.2) is 53.7 Å². The number of nitrogens with zero attached hydrogens (tertiary/aromatic N) is 3. The molecule has 0 bridgehead atoms. The molecule has 0 atom stereocenters. The summed E-state index contributed by atoms with van der Waals surface area (Å²) in [6.45, 7) is 0. The average molecular weight is 351 g/mol. The van der Waals surface area contributed by atoms with E-state index >= 15 is 0 Å². The van der Waals surface area contributed by atoms with Crippen LogP contribution in [0.25, 0.3) is 0 Å². The summed E-state index contributed by atoms with van der Waals surface area (Å²) in [6.07, 6.45) is 0. The molecule has 5 nitrogen and oxygen atoms in total. The third-order valence-electron chi connectivity index (χ3n) is 3.18. The van der Waals surface area contributed by atoms with Gasteiger partial charge >= 0.3 is 0 Å². The van der Waals surface area contributed by atoms with Crippen LogP contribution >= 0.6 is 11.6 Å². The highest BCUT2D eigenvalue weighted by atomic mass is 35.5. The summed E-state index contributed by atoms with van der Waals surface area (Å²) >= 11 is 5.94. The number of benzene rings is 2. The third kappa shape index (κ3) is 4.00. The van der Waals surface area contributed by atoms with Crippen LogP contribution in [0.1, 0.15) is 15.9 Å². The normalized spacial score (nSPS) is 9.24. The first-order valence-electron chi connectivity index (χ1n) is 6.81. The predicted octanol–water partition coefficient (Wildman–Crippen LogP) is 3.95. The van der Waals surface area contributed by atoms with Crippen molar-refractivity contribution in [1.29, 1.82) is 15.8 Å². The molecule has 0 aliphatic rings. The molecule has 0 heterocycles. The number of carbonyl (C=O) groups excluding carboxylic acids is 1. The Labute approximate surface area is 147 Å². The number of nitriles is 3. The lowest BCUT2D eigenvalue weighted by Crippen LogP contribution is -2.08. The van der Waals surface area contributed by atoms with E-state index in [0.29, 0.717) is 0 Å². The summed E-state index contributed by atoms with van der Waals surface area (Å²) < 4.78 is 13.0. The summed E-state index contributed by atoms with van der Waals surface area (Å²) in [4.78, 5) is 12.7. The fourth-order valence-corrected chi connectivity index (χ4v) is 2.16. The maximum Gasteiger partial charge on any atom is 0.195 e. The third-order valence-corrected chi connectivity index (χ3v) is 3.41. The van der Waals surface area contributed by atoms with Gasteiger partial charge in [-0.1, -0.05) is 11.6 Å². The van der Waals surface area contributed by atoms with E-state index in [-0.39, 0.29) is 27.5 Å². The lowest BCUT2D eigenvalue weighted by atomic mass is 10.0. The smallest absolute Gasteiger partial charge is 0.195 e. The van der Waals surface area contributed by atoms with Crippen molar-refractivity contribution in [2.45, 2.75) is 0 Å². The average Bonchev–Trinajstić information content (AvgIpc) is 2.63. The van der Waals surface area contributed by atoms with Gasteiger partial charge in [0.2, 0.25) is 0 Å². The predicted molar refractivity (Wildman–Crippen MR) is 88.8 cm³/mol. The molecule has 0 amide bonds. The Balaban J connectivity index is 2.52. The molecule has 1 N–H and O–H groups in total. The van der Waals surface area contributed by atoms with Crippen molar-refractivity contribution >= 4 is 23.1 Å². The van der Waals surface area contributed by atoms with Crippen LogP contribution in [0, 0.1) is 39.8 Å². The van der Waals surface area contributed by atoms with Crippen LogP contribution in [0.4, 0.5) is 10.1 Å². The van der Waals surface area contributed by atoms with E-state index in [2.05, 4.69) is 5.32 Å². The molecule has 0 aliphatic heterocycles. The molecule has 0 aliphatic carbocycles. The summed E-state index contributed by atoms with van der Waals surface area (Å²) in [7, 11) is 0. The molecule has 2 aromatic carbocycles. The van der Waals surface area contributed by atoms with Crippen molar-refractivity contribution in [3.8, 4) is 18.2 Å². The van der Waals surface area contributed by atoms with Gasteiger partial charge in [0.05, 0.1) is 5.69 Å². The Kier molecular flexibility index (Phi) is 5.48. The fourth-order valence-electron chi connectivity index (χ4n) is 1.99. The van der Waals surface area contributed by atoms with E-state index in [9.17, 15) is 9.18 Å². The number of rotatable bonds is 4. The summed E-state index contributed by atoms with van der Waals surface area (Å²) in [5.41, 5.74) is -0.187. The van der Waals surface area contributed by atoms with Crippen molar-refractivity contribution in [1.82, 2.24) is 0 Å². The number of carbonyl (C=O) groups is 1. The van der Waals surface area contributed by atoms with Gasteiger partial charge in [-0.05, 0) is 42.5 Å². The highest BCUT2D eigenvalue weighted by Crippen LogP contribution is 2.25. The highest BCUT2D eigenvalue weighted by Gasteiger charge is 2.16. The van der Waals surface area contributed by atoms with Crippen LogP contribution in [0.5, 0.6) is 0 Å². The fraction of sp³-hybridized carbons (Fsp3) is 0. The minimum absolute atomic E-state index is 0.113. The van der Waals surface area contributed by atoms with E-state index in [1.165, 1.54) is 30.3 Å². The van der Waals surface area contributed by atoms with E-state index in [1.54, 1.807) is 18.2 Å². The summed E-state index contributed by atoms with van der Waals surface area (Å²) in [5, 5.41) is 29.8. The number of hydrogen-bond acceptors (Lipinski definition) is 5. The number of halogens is 2. The van der Waals surface area contributed by atoms with Gasteiger partial charge in [-0.15, -0.1) is 0 Å². The zero-order valence-electron chi connectivity index (χ0n) is 12.5. The standard InChI is InChI=1S/C18H8ClFN4O/c19-13-3-6-16(24-17(10-23)12(8-21)9-22)15(7-13)18(25)11-1-4-14(20)5-2-11/h1-7,24H. The lowest BCUT2D eigenvalue weighted by molar-refractivity contribution is 0.103. The quantitative estimate of drug-likeness (QED) is 0.664. The number of nitrogens with one attached hydrogen (secondary N) is 1. The molecule has 120 valence electrons. The van der Waals surface area contributed by atoms with Crippen LogP contribution in [-0.2, 0) is 0 Å². The molecule has 0 unspecified atom stereocenters. The minimum atomic E-state index is -0.483. The molecular formula is C18H8ClFN4O. The summed E-state index contributed by atoms with van der Waals surface area (Å²) in [6, 6.07) is 14.2. The first-order valence-corrected chi connectivity index (χ1v) is 7.19. The lowest BCUT2D eigenvalue weighted by Gasteiger charge is -2.11. The second kappa shape index (κ2) is 7.75. The van der Waals surface area contributed by atoms with E-state index in [1.807, 2.05) is 0 Å². The molecule has 7 heteroatoms. The van der Waals surface area contributed by atoms with Gasteiger partial charge in [-0.2, -0.15) is 15.8 Å². The first kappa shape index (κ1) is 17.7. The highest BCUT2D eigenvalue weighted by molar-refractivity contribution is 6.31. The molecule has 25 heavy (non-hydrogen) atoms. The number of hydrogen-bond donors (Lipinski definition) is 1. The Hall–Kier alpha value is -3.66. The van der Waals surface area contributed by atoms with Gasteiger partial charge in [-0.3, -0.25) is 4.79 Å². The van der Waals surface area contributed by atoms with Crippen LogP contribution in [0.2, 0.25) is 5.02 Å². The second-order valence-corrected chi connectivity index (χ2v) is 5.17. The number of ketones is 1. The van der Waals surface area contributed by atoms with Gasteiger partial charge in [0.15, 0.2) is 11.4 Å². The number of allylic oxidation sites excluding steroid dienone is 2. The van der Waals surface area contributed by atoms with E-state index < -0.39 is 17.2 Å². The maximum atomic E-state index is 13.0. The van der Waals surface area contributed by atoms with Gasteiger partial charge in [0.25, 0.3) is 0 Å². The van der Waals surface area contributed by atoms with Crippen molar-refractivity contribution in [3.05, 3.63) is 75.7 Å². The van der Waals surface area contributed by atoms with E-state index in [0.717, 1.165) is 12.1 Å². The monoisotopic (exact) mass is 350 g/mol. The minimum Gasteiger partial charge on any atom is -0.345 e. The SMILES string of the molecule is N#CC(C#N)=C(C#N)Nc1ccc(Cl)cc1C(=O)c1ccc(F)cc1. The Morgan fingerprint density at radius 3 is 2.20 bits per heavy atom. The molecule has 2 aromatic rings. The zero-order valence-corrected chi connectivity index (χ0v) is 13.3. The maximum absolute atomic E-state index is 13.0. The van der Waals surface area contributed by atoms with Crippen LogP contribution in [0.3, 0.4) is 0 Å². The Morgan fingerprint density at radius 2 is 1.64 bits per heavy atom. The van der Waals surface area contributed by atoms with E-state index in [4.69, 9.17) is 27.4 Å². The van der Waals surface area contributed by atoms with Crippen molar-refractivity contribution in [3.63, 3.8) is 0 Å². The molecule has 0 aromatic heterocycles. The largest absolute Gasteiger partial charge is 0.345 e. The number of anilines is 1.